The van der Waals surface area contributed by atoms with Gasteiger partial charge in [0.1, 0.15) is 6.61 Å². The van der Waals surface area contributed by atoms with Gasteiger partial charge in [-0.3, -0.25) is 0 Å². The lowest BCUT2D eigenvalue weighted by atomic mass is 10.5. The average molecular weight is 157 g/mol. The Morgan fingerprint density at radius 3 is 2.82 bits per heavy atom. The number of hydrogen-bond donors (Lipinski definition) is 1. The molecule has 0 aromatic heterocycles. The molecule has 0 aliphatic heterocycles. The number of ether oxygens (including phenoxy) is 2. The molecular formula is C7H11NO3. The van der Waals surface area contributed by atoms with E-state index in [1.165, 1.54) is 0 Å². The van der Waals surface area contributed by atoms with E-state index in [4.69, 9.17) is 16.9 Å². The van der Waals surface area contributed by atoms with E-state index < -0.39 is 6.09 Å². The van der Waals surface area contributed by atoms with E-state index in [2.05, 4.69) is 10.7 Å². The number of hydrogen-bond acceptors (Lipinski definition) is 3. The molecule has 0 saturated carbocycles. The molecule has 0 saturated heterocycles. The van der Waals surface area contributed by atoms with Crippen LogP contribution in [-0.4, -0.2) is 25.9 Å². The van der Waals surface area contributed by atoms with Crippen molar-refractivity contribution in [3.05, 3.63) is 0 Å². The van der Waals surface area contributed by atoms with Crippen molar-refractivity contribution in [2.45, 2.75) is 6.42 Å². The van der Waals surface area contributed by atoms with Gasteiger partial charge in [0.15, 0.2) is 0 Å². The van der Waals surface area contributed by atoms with Crippen LogP contribution in [0.5, 0.6) is 0 Å². The Morgan fingerprint density at radius 1 is 1.55 bits per heavy atom. The van der Waals surface area contributed by atoms with E-state index in [9.17, 15) is 4.79 Å². The first kappa shape index (κ1) is 9.79. The summed E-state index contributed by atoms with van der Waals surface area (Å²) in [5.74, 6) is 2.31. The Hall–Kier alpha value is -1.21. The maximum absolute atomic E-state index is 10.0. The maximum atomic E-state index is 10.0. The molecule has 4 heteroatoms. The van der Waals surface area contributed by atoms with E-state index >= 15 is 0 Å². The zero-order valence-corrected chi connectivity index (χ0v) is 6.21. The lowest BCUT2D eigenvalue weighted by Crippen LogP contribution is -2.14. The Morgan fingerprint density at radius 2 is 2.27 bits per heavy atom. The second-order valence-corrected chi connectivity index (χ2v) is 1.78. The van der Waals surface area contributed by atoms with Crippen LogP contribution in [0.2, 0.25) is 0 Å². The SMILES string of the molecule is C#CCOCCCOC(N)=O. The number of rotatable bonds is 5. The van der Waals surface area contributed by atoms with Crippen LogP contribution >= 0.6 is 0 Å². The number of primary amides is 1. The van der Waals surface area contributed by atoms with Crippen LogP contribution in [0.3, 0.4) is 0 Å². The van der Waals surface area contributed by atoms with Gasteiger partial charge in [0.25, 0.3) is 0 Å². The minimum Gasteiger partial charge on any atom is -0.450 e. The summed E-state index contributed by atoms with van der Waals surface area (Å²) in [6.45, 7) is 1.05. The highest BCUT2D eigenvalue weighted by atomic mass is 16.5. The minimum atomic E-state index is -0.762. The molecule has 0 aliphatic carbocycles. The van der Waals surface area contributed by atoms with E-state index in [1.54, 1.807) is 0 Å². The predicted octanol–water partition coefficient (Wildman–Crippen LogP) is 0.122. The number of carbonyl (C=O) groups excluding carboxylic acids is 1. The summed E-state index contributed by atoms with van der Waals surface area (Å²) in [5, 5.41) is 0. The van der Waals surface area contributed by atoms with Crippen LogP contribution in [0.1, 0.15) is 6.42 Å². The standard InChI is InChI=1S/C7H11NO3/c1-2-4-10-5-3-6-11-7(8)9/h1H,3-6H2,(H2,8,9). The number of terminal acetylenes is 1. The van der Waals surface area contributed by atoms with Gasteiger partial charge in [-0.2, -0.15) is 0 Å². The van der Waals surface area contributed by atoms with Crippen LogP contribution in [-0.2, 0) is 9.47 Å². The molecule has 0 aromatic carbocycles. The second kappa shape index (κ2) is 6.90. The Balaban J connectivity index is 2.92. The Labute approximate surface area is 65.7 Å². The molecule has 0 rings (SSSR count). The van der Waals surface area contributed by atoms with Gasteiger partial charge in [0.05, 0.1) is 13.2 Å². The molecule has 11 heavy (non-hydrogen) atoms. The van der Waals surface area contributed by atoms with Crippen molar-refractivity contribution in [2.24, 2.45) is 5.73 Å². The molecule has 0 heterocycles. The van der Waals surface area contributed by atoms with Crippen molar-refractivity contribution in [3.8, 4) is 12.3 Å². The van der Waals surface area contributed by atoms with Gasteiger partial charge < -0.3 is 15.2 Å². The number of carbonyl (C=O) groups is 1. The predicted molar refractivity (Wildman–Crippen MR) is 39.8 cm³/mol. The summed E-state index contributed by atoms with van der Waals surface area (Å²) < 4.78 is 9.33. The summed E-state index contributed by atoms with van der Waals surface area (Å²) in [4.78, 5) is 10.0. The molecule has 0 bridgehead atoms. The monoisotopic (exact) mass is 157 g/mol. The lowest BCUT2D eigenvalue weighted by molar-refractivity contribution is 0.121. The van der Waals surface area contributed by atoms with Crippen LogP contribution in [0.4, 0.5) is 4.79 Å². The third-order valence-electron chi connectivity index (χ3n) is 0.863. The summed E-state index contributed by atoms with van der Waals surface area (Å²) >= 11 is 0. The van der Waals surface area contributed by atoms with E-state index in [0.717, 1.165) is 0 Å². The van der Waals surface area contributed by atoms with Gasteiger partial charge in [0, 0.05) is 6.42 Å². The van der Waals surface area contributed by atoms with Gasteiger partial charge in [-0.15, -0.1) is 6.42 Å². The second-order valence-electron chi connectivity index (χ2n) is 1.78. The third-order valence-corrected chi connectivity index (χ3v) is 0.863. The highest BCUT2D eigenvalue weighted by molar-refractivity contribution is 5.64. The van der Waals surface area contributed by atoms with Crippen LogP contribution < -0.4 is 5.73 Å². The van der Waals surface area contributed by atoms with Crippen LogP contribution in [0.25, 0.3) is 0 Å². The van der Waals surface area contributed by atoms with Gasteiger partial charge in [0.2, 0.25) is 0 Å². The molecule has 0 fully saturated rings. The van der Waals surface area contributed by atoms with Crippen molar-refractivity contribution in [3.63, 3.8) is 0 Å². The quantitative estimate of drug-likeness (QED) is 0.455. The zero-order valence-electron chi connectivity index (χ0n) is 6.21. The van der Waals surface area contributed by atoms with E-state index in [-0.39, 0.29) is 13.2 Å². The van der Waals surface area contributed by atoms with Crippen molar-refractivity contribution in [1.82, 2.24) is 0 Å². The Kier molecular flexibility index (Phi) is 6.14. The minimum absolute atomic E-state index is 0.278. The van der Waals surface area contributed by atoms with Crippen molar-refractivity contribution < 1.29 is 14.3 Å². The smallest absolute Gasteiger partial charge is 0.404 e. The van der Waals surface area contributed by atoms with Crippen LogP contribution in [0, 0.1) is 12.3 Å². The number of nitrogens with two attached hydrogens (primary N) is 1. The topological polar surface area (TPSA) is 61.6 Å². The van der Waals surface area contributed by atoms with Gasteiger partial charge in [-0.05, 0) is 0 Å². The molecular weight excluding hydrogens is 146 g/mol. The largest absolute Gasteiger partial charge is 0.450 e. The first-order valence-electron chi connectivity index (χ1n) is 3.21. The molecule has 0 atom stereocenters. The van der Waals surface area contributed by atoms with Crippen molar-refractivity contribution >= 4 is 6.09 Å². The fraction of sp³-hybridized carbons (Fsp3) is 0.571. The summed E-state index contributed by atoms with van der Waals surface area (Å²) in [6, 6.07) is 0. The van der Waals surface area contributed by atoms with E-state index in [0.29, 0.717) is 13.0 Å². The zero-order chi connectivity index (χ0) is 8.53. The average Bonchev–Trinajstić information content (AvgIpc) is 1.96. The Bertz CT molecular complexity index is 150. The normalized spacial score (nSPS) is 8.64. The highest BCUT2D eigenvalue weighted by Gasteiger charge is 1.92. The molecule has 62 valence electrons. The fourth-order valence-corrected chi connectivity index (χ4v) is 0.465. The maximum Gasteiger partial charge on any atom is 0.404 e. The highest BCUT2D eigenvalue weighted by Crippen LogP contribution is 1.83. The van der Waals surface area contributed by atoms with Gasteiger partial charge >= 0.3 is 6.09 Å². The summed E-state index contributed by atoms with van der Waals surface area (Å²) in [7, 11) is 0. The molecule has 0 spiro atoms. The fourth-order valence-electron chi connectivity index (χ4n) is 0.465. The molecule has 1 amide bonds. The lowest BCUT2D eigenvalue weighted by Gasteiger charge is -2.00. The van der Waals surface area contributed by atoms with E-state index in [1.807, 2.05) is 0 Å². The van der Waals surface area contributed by atoms with Crippen molar-refractivity contribution in [2.75, 3.05) is 19.8 Å². The van der Waals surface area contributed by atoms with Gasteiger partial charge in [-0.1, -0.05) is 5.92 Å². The first-order chi connectivity index (χ1) is 5.27. The molecule has 0 aromatic rings. The molecule has 0 radical (unpaired) electrons. The molecule has 0 aliphatic rings. The van der Waals surface area contributed by atoms with Crippen LogP contribution in [0.15, 0.2) is 0 Å². The molecule has 0 unspecified atom stereocenters. The summed E-state index contributed by atoms with van der Waals surface area (Å²) in [5.41, 5.74) is 4.70. The molecule has 4 nitrogen and oxygen atoms in total. The van der Waals surface area contributed by atoms with Gasteiger partial charge in [-0.25, -0.2) is 4.79 Å². The summed E-state index contributed by atoms with van der Waals surface area (Å²) in [6.07, 6.45) is 4.76. The van der Waals surface area contributed by atoms with Crippen molar-refractivity contribution in [1.29, 1.82) is 0 Å². The third kappa shape index (κ3) is 8.79. The molecule has 2 N–H and O–H groups in total. The number of amides is 1. The first-order valence-corrected chi connectivity index (χ1v) is 3.21.